The summed E-state index contributed by atoms with van der Waals surface area (Å²) >= 11 is 0. The molecule has 3 amide bonds. The van der Waals surface area contributed by atoms with E-state index in [4.69, 9.17) is 9.47 Å². The van der Waals surface area contributed by atoms with Gasteiger partial charge < -0.3 is 24.9 Å². The largest absolute Gasteiger partial charge is 0.620 e. The third kappa shape index (κ3) is 6.05. The second kappa shape index (κ2) is 14.0. The van der Waals surface area contributed by atoms with E-state index >= 15 is 0 Å². The van der Waals surface area contributed by atoms with Crippen LogP contribution in [-0.4, -0.2) is 61.4 Å². The number of hydrogen-bond donors (Lipinski definition) is 1. The van der Waals surface area contributed by atoms with E-state index in [9.17, 15) is 19.6 Å². The highest BCUT2D eigenvalue weighted by molar-refractivity contribution is 5.99. The van der Waals surface area contributed by atoms with Crippen molar-refractivity contribution in [2.45, 2.75) is 37.1 Å². The number of ether oxygens (including phenoxy) is 2. The number of nitrogens with zero attached hydrogens (tertiary/aromatic N) is 2. The molecule has 1 atom stereocenters. The number of quaternary nitrogens is 1. The monoisotopic (exact) mass is 707 g/mol. The van der Waals surface area contributed by atoms with Gasteiger partial charge in [-0.15, -0.1) is 0 Å². The highest BCUT2D eigenvalue weighted by Gasteiger charge is 2.52. The Morgan fingerprint density at radius 3 is 1.53 bits per heavy atom. The number of rotatable bonds is 8. The predicted molar refractivity (Wildman–Crippen MR) is 204 cm³/mol. The normalized spacial score (nSPS) is 16.8. The first-order valence-electron chi connectivity index (χ1n) is 18.3. The van der Waals surface area contributed by atoms with Crippen LogP contribution in [0.4, 0.5) is 15.3 Å². The molecular formula is C44H41N3O6. The summed E-state index contributed by atoms with van der Waals surface area (Å²) in [5, 5.41) is 17.3. The number of carbonyl (C=O) groups is 3. The average Bonchev–Trinajstić information content (AvgIpc) is 3.71. The van der Waals surface area contributed by atoms with Gasteiger partial charge in [0.05, 0.1) is 6.54 Å². The van der Waals surface area contributed by atoms with Crippen molar-refractivity contribution in [3.63, 3.8) is 0 Å². The zero-order valence-corrected chi connectivity index (χ0v) is 29.6. The van der Waals surface area contributed by atoms with Gasteiger partial charge in [-0.05, 0) is 63.6 Å². The van der Waals surface area contributed by atoms with Crippen LogP contribution in [0.2, 0.25) is 0 Å². The van der Waals surface area contributed by atoms with Crippen LogP contribution < -0.4 is 9.96 Å². The maximum atomic E-state index is 14.6. The summed E-state index contributed by atoms with van der Waals surface area (Å²) in [6.07, 6.45) is -1.24. The standard InChI is InChI=1S/C44H41N3O6/c1-2-47(51,30-14-4-3-5-15-30)41(48)44(45-42(49)52-28-39-35-20-10-6-16-31(35)32-17-7-11-21-36(32)39)24-26-46(27-25-44)43(50)53-29-40-37-22-12-8-18-33(37)34-19-9-13-23-38(34)40/h3-23,39-40H,2,24-29H2,1H3,(H,45,49). The van der Waals surface area contributed by atoms with Gasteiger partial charge in [-0.3, -0.25) is 4.65 Å². The maximum absolute atomic E-state index is 14.6. The van der Waals surface area contributed by atoms with Crippen LogP contribution in [-0.2, 0) is 14.3 Å². The number of amides is 3. The fourth-order valence-corrected chi connectivity index (χ4v) is 8.44. The zero-order valence-electron chi connectivity index (χ0n) is 29.6. The first kappa shape index (κ1) is 34.3. The zero-order chi connectivity index (χ0) is 36.6. The summed E-state index contributed by atoms with van der Waals surface area (Å²) in [5.74, 6) is -0.975. The molecule has 0 saturated carbocycles. The Balaban J connectivity index is 0.992. The van der Waals surface area contributed by atoms with E-state index < -0.39 is 28.3 Å². The third-order valence-corrected chi connectivity index (χ3v) is 11.3. The number of carbonyl (C=O) groups excluding carboxylic acids is 3. The Kier molecular flexibility index (Phi) is 9.06. The van der Waals surface area contributed by atoms with Crippen LogP contribution in [0, 0.1) is 5.21 Å². The smallest absolute Gasteiger partial charge is 0.409 e. The van der Waals surface area contributed by atoms with Crippen LogP contribution in [0.3, 0.4) is 0 Å². The van der Waals surface area contributed by atoms with Gasteiger partial charge in [-0.1, -0.05) is 115 Å². The molecule has 1 N–H and O–H groups in total. The minimum absolute atomic E-state index is 0.0231. The number of fused-ring (bicyclic) bond motifs is 6. The Morgan fingerprint density at radius 2 is 1.08 bits per heavy atom. The molecule has 9 nitrogen and oxygen atoms in total. The maximum Gasteiger partial charge on any atom is 0.409 e. The molecule has 5 aromatic carbocycles. The van der Waals surface area contributed by atoms with Gasteiger partial charge in [0, 0.05) is 37.8 Å². The van der Waals surface area contributed by atoms with Gasteiger partial charge in [0.25, 0.3) is 0 Å². The van der Waals surface area contributed by atoms with Crippen LogP contribution in [0.1, 0.15) is 53.9 Å². The fourth-order valence-electron chi connectivity index (χ4n) is 8.44. The minimum Gasteiger partial charge on any atom is -0.620 e. The lowest BCUT2D eigenvalue weighted by atomic mass is 9.85. The van der Waals surface area contributed by atoms with E-state index in [2.05, 4.69) is 41.7 Å². The Labute approximate surface area is 308 Å². The molecular weight excluding hydrogens is 666 g/mol. The number of hydrogen-bond acceptors (Lipinski definition) is 6. The minimum atomic E-state index is -1.59. The molecule has 2 aliphatic carbocycles. The number of alkyl carbamates (subject to hydrolysis) is 1. The van der Waals surface area contributed by atoms with E-state index in [1.165, 1.54) is 0 Å². The number of nitrogens with one attached hydrogen (secondary N) is 1. The van der Waals surface area contributed by atoms with Crippen LogP contribution >= 0.6 is 0 Å². The lowest BCUT2D eigenvalue weighted by Crippen LogP contribution is -2.69. The Hall–Kier alpha value is -5.77. The van der Waals surface area contributed by atoms with Crippen LogP contribution in [0.25, 0.3) is 22.3 Å². The summed E-state index contributed by atoms with van der Waals surface area (Å²) in [5.41, 5.74) is 7.51. The van der Waals surface area contributed by atoms with E-state index in [1.54, 1.807) is 42.2 Å². The molecule has 9 heteroatoms. The molecule has 1 heterocycles. The molecule has 268 valence electrons. The number of piperidine rings is 1. The number of likely N-dealkylation sites (tertiary alicyclic amines) is 1. The molecule has 0 bridgehead atoms. The summed E-state index contributed by atoms with van der Waals surface area (Å²) in [7, 11) is 0. The van der Waals surface area contributed by atoms with E-state index in [0.29, 0.717) is 0 Å². The highest BCUT2D eigenvalue weighted by Crippen LogP contribution is 2.46. The molecule has 5 aromatic rings. The van der Waals surface area contributed by atoms with Crippen molar-refractivity contribution < 1.29 is 23.9 Å². The lowest BCUT2D eigenvalue weighted by molar-refractivity contribution is -0.136. The van der Waals surface area contributed by atoms with Crippen molar-refractivity contribution in [2.75, 3.05) is 32.8 Å². The van der Waals surface area contributed by atoms with Gasteiger partial charge in [0.2, 0.25) is 0 Å². The van der Waals surface area contributed by atoms with Gasteiger partial charge in [-0.25, -0.2) is 14.4 Å². The molecule has 0 aromatic heterocycles. The van der Waals surface area contributed by atoms with E-state index in [0.717, 1.165) is 44.5 Å². The highest BCUT2D eigenvalue weighted by atomic mass is 16.6. The summed E-state index contributed by atoms with van der Waals surface area (Å²) in [4.78, 5) is 43.4. The van der Waals surface area contributed by atoms with Gasteiger partial charge in [0.15, 0.2) is 5.54 Å². The molecule has 1 fully saturated rings. The van der Waals surface area contributed by atoms with E-state index in [1.807, 2.05) is 60.7 Å². The number of likely N-dealkylation sites (N-methyl/N-ethyl adjacent to an activating group) is 1. The molecule has 1 saturated heterocycles. The third-order valence-electron chi connectivity index (χ3n) is 11.3. The second-order valence-electron chi connectivity index (χ2n) is 14.0. The van der Waals surface area contributed by atoms with E-state index in [-0.39, 0.29) is 63.2 Å². The average molecular weight is 708 g/mol. The Bertz CT molecular complexity index is 2090. The summed E-state index contributed by atoms with van der Waals surface area (Å²) in [6, 6.07) is 40.9. The molecule has 8 rings (SSSR count). The molecule has 1 aliphatic heterocycles. The van der Waals surface area contributed by atoms with Gasteiger partial charge >= 0.3 is 18.1 Å². The first-order valence-corrected chi connectivity index (χ1v) is 18.3. The lowest BCUT2D eigenvalue weighted by Gasteiger charge is -2.47. The van der Waals surface area contributed by atoms with Gasteiger partial charge in [-0.2, -0.15) is 0 Å². The van der Waals surface area contributed by atoms with Crippen molar-refractivity contribution in [1.82, 2.24) is 14.9 Å². The van der Waals surface area contributed by atoms with Crippen LogP contribution in [0.15, 0.2) is 127 Å². The molecule has 0 radical (unpaired) electrons. The van der Waals surface area contributed by atoms with Crippen LogP contribution in [0.5, 0.6) is 0 Å². The van der Waals surface area contributed by atoms with Gasteiger partial charge in [0.1, 0.15) is 18.9 Å². The molecule has 0 spiro atoms. The number of para-hydroxylation sites is 1. The quantitative estimate of drug-likeness (QED) is 0.128. The van der Waals surface area contributed by atoms with Crippen molar-refractivity contribution in [3.8, 4) is 22.3 Å². The number of hydroxylamine groups is 2. The topological polar surface area (TPSA) is 108 Å². The first-order chi connectivity index (χ1) is 25.8. The molecule has 1 unspecified atom stereocenters. The summed E-state index contributed by atoms with van der Waals surface area (Å²) < 4.78 is 10.5. The molecule has 3 aliphatic rings. The number of benzene rings is 5. The van der Waals surface area contributed by atoms with Crippen molar-refractivity contribution in [2.24, 2.45) is 0 Å². The second-order valence-corrected chi connectivity index (χ2v) is 14.0. The predicted octanol–water partition coefficient (Wildman–Crippen LogP) is 8.36. The van der Waals surface area contributed by atoms with Crippen molar-refractivity contribution >= 4 is 23.8 Å². The van der Waals surface area contributed by atoms with Crippen molar-refractivity contribution in [1.29, 1.82) is 0 Å². The Morgan fingerprint density at radius 1 is 0.660 bits per heavy atom. The SMILES string of the molecule is CC[N+]([O-])(C(=O)C1(NC(=O)OCC2c3ccccc3-c3ccccc32)CCN(C(=O)OCC2c3ccccc3-c3ccccc32)CC1)c1ccccc1. The fraction of sp³-hybridized carbons (Fsp3) is 0.250. The molecule has 53 heavy (non-hydrogen) atoms. The van der Waals surface area contributed by atoms with Crippen molar-refractivity contribution in [3.05, 3.63) is 155 Å². The summed E-state index contributed by atoms with van der Waals surface area (Å²) in [6.45, 7) is 2.00.